The average molecular weight is 557 g/mol. The number of nitrogens with zero attached hydrogens (tertiary/aromatic N) is 4. The van der Waals surface area contributed by atoms with Crippen LogP contribution in [0.1, 0.15) is 33.2 Å². The van der Waals surface area contributed by atoms with Crippen LogP contribution in [0, 0.1) is 18.6 Å². The normalized spacial score (nSPS) is 14.8. The van der Waals surface area contributed by atoms with Gasteiger partial charge in [-0.3, -0.25) is 14.5 Å². The van der Waals surface area contributed by atoms with Crippen molar-refractivity contribution in [1.82, 2.24) is 14.5 Å². The number of Topliss-reactive ketones (excluding diaryl/α,β-unsaturated/α-hetero) is 1. The molecule has 5 rings (SSSR count). The molecule has 0 atom stereocenters. The number of aryl methyl sites for hydroxylation is 2. The van der Waals surface area contributed by atoms with Crippen molar-refractivity contribution in [2.24, 2.45) is 7.05 Å². The number of ketones is 1. The quantitative estimate of drug-likeness (QED) is 0.251. The summed E-state index contributed by atoms with van der Waals surface area (Å²) in [6.07, 6.45) is -5.25. The van der Waals surface area contributed by atoms with Gasteiger partial charge in [-0.15, -0.1) is 0 Å². The molecule has 2 aromatic carbocycles. The molecule has 2 aromatic heterocycles. The van der Waals surface area contributed by atoms with Crippen LogP contribution in [0.2, 0.25) is 0 Å². The number of anilines is 1. The van der Waals surface area contributed by atoms with Gasteiger partial charge in [0.15, 0.2) is 0 Å². The summed E-state index contributed by atoms with van der Waals surface area (Å²) in [6.45, 7) is 2.67. The van der Waals surface area contributed by atoms with Gasteiger partial charge in [0.25, 0.3) is 11.3 Å². The number of aromatic nitrogens is 2. The Labute approximate surface area is 226 Å². The van der Waals surface area contributed by atoms with Gasteiger partial charge >= 0.3 is 6.18 Å². The Kier molecular flexibility index (Phi) is 7.17. The summed E-state index contributed by atoms with van der Waals surface area (Å²) in [6, 6.07) is 14.7. The number of alkyl halides is 3. The molecule has 0 amide bonds. The Hall–Kier alpha value is -4.12. The molecule has 1 saturated heterocycles. The lowest BCUT2D eigenvalue weighted by Crippen LogP contribution is -2.49. The van der Waals surface area contributed by atoms with Crippen molar-refractivity contribution in [3.63, 3.8) is 0 Å². The largest absolute Gasteiger partial charge is 0.455 e. The van der Waals surface area contributed by atoms with Crippen molar-refractivity contribution < 1.29 is 26.7 Å². The van der Waals surface area contributed by atoms with Crippen LogP contribution < -0.4 is 10.5 Å². The second kappa shape index (κ2) is 10.5. The van der Waals surface area contributed by atoms with Gasteiger partial charge in [0, 0.05) is 38.9 Å². The highest BCUT2D eigenvalue weighted by atomic mass is 19.4. The standard InChI is InChI=1S/C29H25F5N4O2/c1-17-3-12-22-24(35-17)26(23(28(40)36(22)2)27(39)29(32,33)34)38-15-13-37(14-16-38)25(18-4-8-20(30)9-5-18)19-6-10-21(31)11-7-19/h3-12,25H,13-16H2,1-2H3. The Morgan fingerprint density at radius 3 is 1.88 bits per heavy atom. The van der Waals surface area contributed by atoms with Crippen LogP contribution in [0.3, 0.4) is 0 Å². The Morgan fingerprint density at radius 1 is 0.850 bits per heavy atom. The van der Waals surface area contributed by atoms with Crippen molar-refractivity contribution in [1.29, 1.82) is 0 Å². The molecule has 208 valence electrons. The molecule has 0 bridgehead atoms. The second-order valence-electron chi connectivity index (χ2n) is 9.76. The predicted molar refractivity (Wildman–Crippen MR) is 141 cm³/mol. The number of carbonyl (C=O) groups is 1. The van der Waals surface area contributed by atoms with E-state index in [2.05, 4.69) is 4.98 Å². The summed E-state index contributed by atoms with van der Waals surface area (Å²) >= 11 is 0. The van der Waals surface area contributed by atoms with E-state index in [9.17, 15) is 31.5 Å². The molecular formula is C29H25F5N4O2. The van der Waals surface area contributed by atoms with Crippen LogP contribution >= 0.6 is 0 Å². The molecule has 0 spiro atoms. The predicted octanol–water partition coefficient (Wildman–Crippen LogP) is 5.18. The van der Waals surface area contributed by atoms with Crippen molar-refractivity contribution in [3.05, 3.63) is 105 Å². The first kappa shape index (κ1) is 27.4. The Balaban J connectivity index is 1.56. The summed E-state index contributed by atoms with van der Waals surface area (Å²) in [4.78, 5) is 33.8. The molecule has 1 fully saturated rings. The van der Waals surface area contributed by atoms with E-state index in [4.69, 9.17) is 0 Å². The van der Waals surface area contributed by atoms with E-state index >= 15 is 0 Å². The summed E-state index contributed by atoms with van der Waals surface area (Å²) in [5, 5.41) is 0. The minimum absolute atomic E-state index is 0.135. The van der Waals surface area contributed by atoms with Gasteiger partial charge in [-0.25, -0.2) is 13.8 Å². The minimum Gasteiger partial charge on any atom is -0.366 e. The molecule has 0 aliphatic carbocycles. The zero-order valence-corrected chi connectivity index (χ0v) is 21.7. The topological polar surface area (TPSA) is 58.4 Å². The van der Waals surface area contributed by atoms with Crippen LogP contribution in [0.5, 0.6) is 0 Å². The fourth-order valence-electron chi connectivity index (χ4n) is 5.25. The van der Waals surface area contributed by atoms with Gasteiger partial charge in [-0.2, -0.15) is 13.2 Å². The fourth-order valence-corrected chi connectivity index (χ4v) is 5.25. The Morgan fingerprint density at radius 2 is 1.38 bits per heavy atom. The highest BCUT2D eigenvalue weighted by molar-refractivity contribution is 6.09. The molecule has 6 nitrogen and oxygen atoms in total. The smallest absolute Gasteiger partial charge is 0.366 e. The first-order valence-corrected chi connectivity index (χ1v) is 12.6. The minimum atomic E-state index is -5.25. The lowest BCUT2D eigenvalue weighted by molar-refractivity contribution is -0.0886. The number of benzene rings is 2. The number of fused-ring (bicyclic) bond motifs is 1. The number of piperazine rings is 1. The van der Waals surface area contributed by atoms with Gasteiger partial charge < -0.3 is 9.47 Å². The van der Waals surface area contributed by atoms with E-state index in [0.717, 1.165) is 15.7 Å². The molecule has 4 aromatic rings. The zero-order valence-electron chi connectivity index (χ0n) is 21.7. The molecule has 40 heavy (non-hydrogen) atoms. The maximum absolute atomic E-state index is 13.7. The summed E-state index contributed by atoms with van der Waals surface area (Å²) in [7, 11) is 1.31. The summed E-state index contributed by atoms with van der Waals surface area (Å²) in [5.74, 6) is -3.03. The van der Waals surface area contributed by atoms with Crippen LogP contribution in [0.25, 0.3) is 11.0 Å². The zero-order chi connectivity index (χ0) is 28.8. The van der Waals surface area contributed by atoms with Gasteiger partial charge in [-0.1, -0.05) is 24.3 Å². The number of halogens is 5. The molecule has 0 saturated carbocycles. The monoisotopic (exact) mass is 556 g/mol. The first-order valence-electron chi connectivity index (χ1n) is 12.6. The lowest BCUT2D eigenvalue weighted by atomic mass is 9.96. The van der Waals surface area contributed by atoms with Crippen LogP contribution in [-0.4, -0.2) is 52.6 Å². The van der Waals surface area contributed by atoms with E-state index < -0.39 is 34.7 Å². The van der Waals surface area contributed by atoms with E-state index in [1.807, 2.05) is 4.90 Å². The SMILES string of the molecule is Cc1ccc2c(n1)c(N1CCN(C(c3ccc(F)cc3)c3ccc(F)cc3)CC1)c(C(=O)C(F)(F)F)c(=O)n2C. The van der Waals surface area contributed by atoms with Crippen molar-refractivity contribution >= 4 is 22.5 Å². The highest BCUT2D eigenvalue weighted by Crippen LogP contribution is 2.35. The third-order valence-electron chi connectivity index (χ3n) is 7.21. The van der Waals surface area contributed by atoms with Crippen LogP contribution in [0.4, 0.5) is 27.6 Å². The number of hydrogen-bond acceptors (Lipinski definition) is 5. The van der Waals surface area contributed by atoms with Crippen LogP contribution in [-0.2, 0) is 7.05 Å². The molecule has 0 unspecified atom stereocenters. The molecule has 0 radical (unpaired) electrons. The number of carbonyl (C=O) groups excluding carboxylic acids is 1. The maximum Gasteiger partial charge on any atom is 0.455 e. The Bertz CT molecular complexity index is 1580. The van der Waals surface area contributed by atoms with E-state index in [-0.39, 0.29) is 30.3 Å². The van der Waals surface area contributed by atoms with E-state index in [1.165, 1.54) is 31.3 Å². The second-order valence-corrected chi connectivity index (χ2v) is 9.76. The lowest BCUT2D eigenvalue weighted by Gasteiger charge is -2.41. The highest BCUT2D eigenvalue weighted by Gasteiger charge is 2.44. The maximum atomic E-state index is 13.7. The molecule has 3 heterocycles. The third kappa shape index (κ3) is 5.08. The number of hydrogen-bond donors (Lipinski definition) is 0. The third-order valence-corrected chi connectivity index (χ3v) is 7.21. The van der Waals surface area contributed by atoms with Gasteiger partial charge in [0.1, 0.15) is 22.7 Å². The van der Waals surface area contributed by atoms with E-state index in [0.29, 0.717) is 24.3 Å². The van der Waals surface area contributed by atoms with Gasteiger partial charge in [-0.05, 0) is 54.4 Å². The first-order chi connectivity index (χ1) is 19.0. The van der Waals surface area contributed by atoms with E-state index in [1.54, 1.807) is 48.2 Å². The molecule has 0 N–H and O–H groups in total. The summed E-state index contributed by atoms with van der Waals surface area (Å²) < 4.78 is 69.4. The van der Waals surface area contributed by atoms with Crippen molar-refractivity contribution in [2.75, 3.05) is 31.1 Å². The fraction of sp³-hybridized carbons (Fsp3) is 0.276. The molecule has 11 heteroatoms. The number of rotatable bonds is 5. The summed E-state index contributed by atoms with van der Waals surface area (Å²) in [5.41, 5.74) is 0.333. The van der Waals surface area contributed by atoms with Gasteiger partial charge in [0.2, 0.25) is 0 Å². The molecule has 1 aliphatic heterocycles. The average Bonchev–Trinajstić information content (AvgIpc) is 2.92. The van der Waals surface area contributed by atoms with Crippen molar-refractivity contribution in [3.8, 4) is 0 Å². The van der Waals surface area contributed by atoms with Gasteiger partial charge in [0.05, 0.1) is 17.2 Å². The van der Waals surface area contributed by atoms with Crippen molar-refractivity contribution in [2.45, 2.75) is 19.1 Å². The number of pyridine rings is 2. The van der Waals surface area contributed by atoms with Crippen LogP contribution in [0.15, 0.2) is 65.5 Å². The molecular weight excluding hydrogens is 531 g/mol. The molecule has 1 aliphatic rings.